The minimum atomic E-state index is 0.304. The van der Waals surface area contributed by atoms with Gasteiger partial charge in [-0.1, -0.05) is 0 Å². The van der Waals surface area contributed by atoms with Gasteiger partial charge in [-0.2, -0.15) is 10.1 Å². The summed E-state index contributed by atoms with van der Waals surface area (Å²) in [5.41, 5.74) is 8.19. The minimum absolute atomic E-state index is 0.304. The van der Waals surface area contributed by atoms with Gasteiger partial charge in [0.2, 0.25) is 5.89 Å². The van der Waals surface area contributed by atoms with E-state index >= 15 is 0 Å². The second-order valence-corrected chi connectivity index (χ2v) is 3.77. The van der Waals surface area contributed by atoms with Gasteiger partial charge in [0.05, 0.1) is 0 Å². The van der Waals surface area contributed by atoms with Crippen molar-refractivity contribution in [1.29, 1.82) is 0 Å². The van der Waals surface area contributed by atoms with Crippen LogP contribution in [0.2, 0.25) is 0 Å². The Balaban J connectivity index is 2.25. The molecule has 3 heterocycles. The smallest absolute Gasteiger partial charge is 0.252 e. The average Bonchev–Trinajstić information content (AvgIpc) is 2.82. The summed E-state index contributed by atoms with van der Waals surface area (Å²) < 4.78 is 7.21. The lowest BCUT2D eigenvalue weighted by atomic mass is 10.3. The predicted molar refractivity (Wildman–Crippen MR) is 61.0 cm³/mol. The molecule has 3 aromatic heterocycles. The number of nitrogens with two attached hydrogens (primary N) is 1. The van der Waals surface area contributed by atoms with Crippen LogP contribution < -0.4 is 5.73 Å². The zero-order valence-electron chi connectivity index (χ0n) is 9.38. The van der Waals surface area contributed by atoms with Crippen LogP contribution >= 0.6 is 0 Å². The van der Waals surface area contributed by atoms with Gasteiger partial charge in [0.15, 0.2) is 17.0 Å². The highest BCUT2D eigenvalue weighted by atomic mass is 16.4. The SMILES string of the molecule is Cc1cn(C)nc1-c1nc2c(N)ncnc2o1. The number of rotatable bonds is 1. The number of aryl methyl sites for hydroxylation is 2. The first kappa shape index (κ1) is 9.76. The zero-order chi connectivity index (χ0) is 12.0. The molecular weight excluding hydrogens is 220 g/mol. The topological polar surface area (TPSA) is 95.7 Å². The van der Waals surface area contributed by atoms with Crippen LogP contribution in [0.25, 0.3) is 22.8 Å². The van der Waals surface area contributed by atoms with Crippen LogP contribution in [0.3, 0.4) is 0 Å². The van der Waals surface area contributed by atoms with Crippen molar-refractivity contribution in [2.75, 3.05) is 5.73 Å². The Morgan fingerprint density at radius 1 is 1.35 bits per heavy atom. The average molecular weight is 230 g/mol. The van der Waals surface area contributed by atoms with Gasteiger partial charge in [-0.25, -0.2) is 9.97 Å². The van der Waals surface area contributed by atoms with Gasteiger partial charge >= 0.3 is 0 Å². The highest BCUT2D eigenvalue weighted by Gasteiger charge is 2.16. The zero-order valence-corrected chi connectivity index (χ0v) is 9.38. The lowest BCUT2D eigenvalue weighted by Gasteiger charge is -1.88. The molecule has 0 spiro atoms. The molecule has 17 heavy (non-hydrogen) atoms. The molecule has 0 aliphatic heterocycles. The van der Waals surface area contributed by atoms with Gasteiger partial charge in [-0.05, 0) is 12.5 Å². The molecule has 0 atom stereocenters. The molecule has 0 aromatic carbocycles. The third-order valence-electron chi connectivity index (χ3n) is 2.44. The van der Waals surface area contributed by atoms with Gasteiger partial charge in [0, 0.05) is 13.2 Å². The maximum Gasteiger partial charge on any atom is 0.252 e. The van der Waals surface area contributed by atoms with Gasteiger partial charge in [-0.3, -0.25) is 4.68 Å². The fourth-order valence-corrected chi connectivity index (χ4v) is 1.69. The van der Waals surface area contributed by atoms with E-state index in [1.807, 2.05) is 20.2 Å². The van der Waals surface area contributed by atoms with Crippen LogP contribution in [0.15, 0.2) is 16.9 Å². The lowest BCUT2D eigenvalue weighted by molar-refractivity contribution is 0.601. The number of hydrogen-bond donors (Lipinski definition) is 1. The van der Waals surface area contributed by atoms with Crippen LogP contribution in [-0.4, -0.2) is 24.7 Å². The van der Waals surface area contributed by atoms with Crippen molar-refractivity contribution in [2.45, 2.75) is 6.92 Å². The molecule has 0 fully saturated rings. The number of oxazole rings is 1. The molecule has 3 rings (SSSR count). The van der Waals surface area contributed by atoms with Crippen LogP contribution in [0.4, 0.5) is 5.82 Å². The summed E-state index contributed by atoms with van der Waals surface area (Å²) in [6, 6.07) is 0. The van der Waals surface area contributed by atoms with Crippen molar-refractivity contribution in [3.8, 4) is 11.6 Å². The molecule has 2 N–H and O–H groups in total. The number of nitrogen functional groups attached to an aromatic ring is 1. The summed E-state index contributed by atoms with van der Waals surface area (Å²) >= 11 is 0. The Hall–Kier alpha value is -2.44. The number of anilines is 1. The molecular formula is C10H10N6O. The minimum Gasteiger partial charge on any atom is -0.416 e. The fourth-order valence-electron chi connectivity index (χ4n) is 1.69. The molecule has 0 aliphatic carbocycles. The third-order valence-corrected chi connectivity index (χ3v) is 2.44. The van der Waals surface area contributed by atoms with Gasteiger partial charge in [0.1, 0.15) is 6.33 Å². The summed E-state index contributed by atoms with van der Waals surface area (Å²) in [7, 11) is 1.84. The van der Waals surface area contributed by atoms with E-state index < -0.39 is 0 Å². The Labute approximate surface area is 96.3 Å². The molecule has 86 valence electrons. The Morgan fingerprint density at radius 3 is 2.82 bits per heavy atom. The van der Waals surface area contributed by atoms with Crippen LogP contribution in [0.5, 0.6) is 0 Å². The van der Waals surface area contributed by atoms with Crippen LogP contribution in [0, 0.1) is 6.92 Å². The molecule has 0 amide bonds. The summed E-state index contributed by atoms with van der Waals surface area (Å²) in [5.74, 6) is 0.712. The van der Waals surface area contributed by atoms with Crippen LogP contribution in [-0.2, 0) is 7.05 Å². The largest absolute Gasteiger partial charge is 0.416 e. The van der Waals surface area contributed by atoms with Crippen molar-refractivity contribution < 1.29 is 4.42 Å². The highest BCUT2D eigenvalue weighted by molar-refractivity contribution is 5.81. The quantitative estimate of drug-likeness (QED) is 0.667. The fraction of sp³-hybridized carbons (Fsp3) is 0.200. The van der Waals surface area contributed by atoms with E-state index in [9.17, 15) is 0 Å². The number of hydrogen-bond acceptors (Lipinski definition) is 6. The normalized spacial score (nSPS) is 11.2. The molecule has 0 saturated carbocycles. The second kappa shape index (κ2) is 3.27. The van der Waals surface area contributed by atoms with E-state index in [1.54, 1.807) is 4.68 Å². The molecule has 0 unspecified atom stereocenters. The number of fused-ring (bicyclic) bond motifs is 1. The van der Waals surface area contributed by atoms with E-state index in [0.29, 0.717) is 28.6 Å². The van der Waals surface area contributed by atoms with Gasteiger partial charge in [0.25, 0.3) is 5.71 Å². The van der Waals surface area contributed by atoms with Gasteiger partial charge < -0.3 is 10.2 Å². The van der Waals surface area contributed by atoms with E-state index in [2.05, 4.69) is 20.1 Å². The number of aromatic nitrogens is 5. The molecule has 7 heteroatoms. The Morgan fingerprint density at radius 2 is 2.18 bits per heavy atom. The monoisotopic (exact) mass is 230 g/mol. The lowest BCUT2D eigenvalue weighted by Crippen LogP contribution is -1.91. The van der Waals surface area contributed by atoms with E-state index in [-0.39, 0.29) is 0 Å². The summed E-state index contributed by atoms with van der Waals surface area (Å²) in [4.78, 5) is 12.1. The van der Waals surface area contributed by atoms with Crippen molar-refractivity contribution in [3.05, 3.63) is 18.1 Å². The van der Waals surface area contributed by atoms with E-state index in [1.165, 1.54) is 6.33 Å². The van der Waals surface area contributed by atoms with Gasteiger partial charge in [-0.15, -0.1) is 0 Å². The van der Waals surface area contributed by atoms with Crippen molar-refractivity contribution in [1.82, 2.24) is 24.7 Å². The third kappa shape index (κ3) is 1.43. The molecule has 3 aromatic rings. The Kier molecular flexibility index (Phi) is 1.88. The van der Waals surface area contributed by atoms with E-state index in [4.69, 9.17) is 10.2 Å². The summed E-state index contributed by atoms with van der Waals surface area (Å²) in [5, 5.41) is 4.28. The second-order valence-electron chi connectivity index (χ2n) is 3.77. The first-order valence-electron chi connectivity index (χ1n) is 5.03. The molecule has 0 bridgehead atoms. The van der Waals surface area contributed by atoms with Crippen molar-refractivity contribution in [3.63, 3.8) is 0 Å². The first-order valence-corrected chi connectivity index (χ1v) is 5.03. The predicted octanol–water partition coefficient (Wildman–Crippen LogP) is 0.909. The molecule has 0 radical (unpaired) electrons. The molecule has 0 aliphatic rings. The summed E-state index contributed by atoms with van der Waals surface area (Å²) in [6.45, 7) is 1.94. The summed E-state index contributed by atoms with van der Waals surface area (Å²) in [6.07, 6.45) is 3.23. The number of nitrogens with zero attached hydrogens (tertiary/aromatic N) is 5. The van der Waals surface area contributed by atoms with Crippen molar-refractivity contribution >= 4 is 17.0 Å². The standard InChI is InChI=1S/C10H10N6O/c1-5-3-16(2)15-6(5)10-14-7-8(11)12-4-13-9(7)17-10/h3-4H,1-2H3,(H2,11,12,13). The van der Waals surface area contributed by atoms with Crippen LogP contribution in [0.1, 0.15) is 5.56 Å². The van der Waals surface area contributed by atoms with Crippen molar-refractivity contribution in [2.24, 2.45) is 7.05 Å². The maximum atomic E-state index is 5.69. The molecule has 7 nitrogen and oxygen atoms in total. The molecule has 0 saturated heterocycles. The Bertz CT molecular complexity index is 698. The first-order chi connectivity index (χ1) is 8.15. The van der Waals surface area contributed by atoms with E-state index in [0.717, 1.165) is 5.56 Å². The highest BCUT2D eigenvalue weighted by Crippen LogP contribution is 2.25. The maximum absolute atomic E-state index is 5.69.